The molecule has 0 N–H and O–H groups in total. The highest BCUT2D eigenvalue weighted by atomic mass is 32.1. The van der Waals surface area contributed by atoms with E-state index in [1.165, 1.54) is 107 Å². The number of rotatable bonds is 4. The van der Waals surface area contributed by atoms with Crippen LogP contribution in [0.5, 0.6) is 0 Å². The molecule has 0 radical (unpaired) electrons. The summed E-state index contributed by atoms with van der Waals surface area (Å²) >= 11 is 1.84. The van der Waals surface area contributed by atoms with E-state index < -0.39 is 0 Å². The number of para-hydroxylation sites is 2. The Morgan fingerprint density at radius 3 is 1.48 bits per heavy atom. The molecule has 11 aromatic carbocycles. The van der Waals surface area contributed by atoms with Gasteiger partial charge in [0, 0.05) is 15.5 Å². The van der Waals surface area contributed by atoms with Crippen molar-refractivity contribution in [3.63, 3.8) is 0 Å². The first-order chi connectivity index (χ1) is 31.7. The molecule has 0 spiro atoms. The number of imidazole rings is 1. The third-order valence-corrected chi connectivity index (χ3v) is 14.7. The van der Waals surface area contributed by atoms with Crippen molar-refractivity contribution in [2.45, 2.75) is 0 Å². The SMILES string of the molecule is c1ccc2cc3c(cc2c1)sc1c3cc(-c2ccc(-c3ccc(-c4ccc(-c5ccc6c7ccccc7c7ccccc7c6c5)cc4)c4ccccc34)cc2)n2c3ccccc3nc12. The summed E-state index contributed by atoms with van der Waals surface area (Å²) in [5.74, 6) is 0. The highest BCUT2D eigenvalue weighted by Gasteiger charge is 2.19. The topological polar surface area (TPSA) is 17.3 Å². The van der Waals surface area contributed by atoms with E-state index in [0.29, 0.717) is 0 Å². The van der Waals surface area contributed by atoms with Crippen molar-refractivity contribution in [2.24, 2.45) is 0 Å². The summed E-state index contributed by atoms with van der Waals surface area (Å²) in [5.41, 5.74) is 12.7. The van der Waals surface area contributed by atoms with Crippen molar-refractivity contribution in [2.75, 3.05) is 0 Å². The molecule has 296 valence electrons. The maximum atomic E-state index is 5.25. The molecule has 0 saturated carbocycles. The molecule has 2 nitrogen and oxygen atoms in total. The fourth-order valence-electron chi connectivity index (χ4n) is 10.5. The average molecular weight is 829 g/mol. The summed E-state index contributed by atoms with van der Waals surface area (Å²) in [7, 11) is 0. The van der Waals surface area contributed by atoms with Crippen LogP contribution in [-0.2, 0) is 0 Å². The Morgan fingerprint density at radius 1 is 0.328 bits per heavy atom. The average Bonchev–Trinajstić information content (AvgIpc) is 3.93. The molecule has 64 heavy (non-hydrogen) atoms. The lowest BCUT2D eigenvalue weighted by molar-refractivity contribution is 1.25. The highest BCUT2D eigenvalue weighted by molar-refractivity contribution is 7.26. The van der Waals surface area contributed by atoms with Crippen LogP contribution in [0.4, 0.5) is 0 Å². The highest BCUT2D eigenvalue weighted by Crippen LogP contribution is 2.44. The molecular weight excluding hydrogens is 793 g/mol. The Hall–Kier alpha value is -8.11. The van der Waals surface area contributed by atoms with Crippen molar-refractivity contribution in [1.82, 2.24) is 9.38 Å². The van der Waals surface area contributed by atoms with Crippen LogP contribution in [0, 0.1) is 0 Å². The third-order valence-electron chi connectivity index (χ3n) is 13.6. The number of benzene rings is 11. The molecule has 3 aromatic heterocycles. The zero-order chi connectivity index (χ0) is 41.9. The van der Waals surface area contributed by atoms with Crippen LogP contribution in [0.1, 0.15) is 0 Å². The zero-order valence-electron chi connectivity index (χ0n) is 34.6. The lowest BCUT2D eigenvalue weighted by Gasteiger charge is -2.14. The van der Waals surface area contributed by atoms with Gasteiger partial charge in [-0.2, -0.15) is 0 Å². The normalized spacial score (nSPS) is 12.1. The number of aromatic nitrogens is 2. The number of thiophene rings is 1. The van der Waals surface area contributed by atoms with Crippen LogP contribution in [0.2, 0.25) is 0 Å². The second kappa shape index (κ2) is 13.7. The minimum absolute atomic E-state index is 1.01. The molecule has 0 aliphatic heterocycles. The van der Waals surface area contributed by atoms with Gasteiger partial charge in [0.15, 0.2) is 5.65 Å². The van der Waals surface area contributed by atoms with Gasteiger partial charge in [0.25, 0.3) is 0 Å². The van der Waals surface area contributed by atoms with Crippen molar-refractivity contribution < 1.29 is 0 Å². The summed E-state index contributed by atoms with van der Waals surface area (Å²) in [4.78, 5) is 5.25. The van der Waals surface area contributed by atoms with Gasteiger partial charge in [-0.1, -0.05) is 182 Å². The van der Waals surface area contributed by atoms with E-state index in [1.54, 1.807) is 0 Å². The van der Waals surface area contributed by atoms with Crippen molar-refractivity contribution in [1.29, 1.82) is 0 Å². The second-order valence-corrected chi connectivity index (χ2v) is 18.1. The minimum Gasteiger partial charge on any atom is -0.291 e. The lowest BCUT2D eigenvalue weighted by atomic mass is 9.90. The van der Waals surface area contributed by atoms with E-state index in [9.17, 15) is 0 Å². The van der Waals surface area contributed by atoms with E-state index in [0.717, 1.165) is 27.9 Å². The summed E-state index contributed by atoms with van der Waals surface area (Å²) in [6, 6.07) is 80.5. The van der Waals surface area contributed by atoms with Crippen LogP contribution < -0.4 is 0 Å². The maximum absolute atomic E-state index is 5.25. The predicted molar refractivity (Wildman–Crippen MR) is 275 cm³/mol. The largest absolute Gasteiger partial charge is 0.291 e. The van der Waals surface area contributed by atoms with Crippen molar-refractivity contribution in [3.8, 4) is 44.6 Å². The molecule has 3 heteroatoms. The molecule has 14 rings (SSSR count). The Balaban J connectivity index is 0.846. The quantitative estimate of drug-likeness (QED) is 0.162. The number of nitrogens with zero attached hydrogens (tertiary/aromatic N) is 2. The Kier molecular flexibility index (Phi) is 7.59. The maximum Gasteiger partial charge on any atom is 0.156 e. The molecule has 0 amide bonds. The zero-order valence-corrected chi connectivity index (χ0v) is 35.4. The van der Waals surface area contributed by atoms with Gasteiger partial charge in [0.2, 0.25) is 0 Å². The molecule has 0 atom stereocenters. The van der Waals surface area contributed by atoms with Crippen LogP contribution in [0.3, 0.4) is 0 Å². The Labute approximate surface area is 372 Å². The monoisotopic (exact) mass is 828 g/mol. The van der Waals surface area contributed by atoms with Gasteiger partial charge in [0.1, 0.15) is 0 Å². The molecule has 0 saturated heterocycles. The van der Waals surface area contributed by atoms with Crippen molar-refractivity contribution >= 4 is 102 Å². The van der Waals surface area contributed by atoms with Gasteiger partial charge in [0.05, 0.1) is 21.4 Å². The van der Waals surface area contributed by atoms with Crippen LogP contribution >= 0.6 is 11.3 Å². The van der Waals surface area contributed by atoms with E-state index in [1.807, 2.05) is 11.3 Å². The molecule has 14 aromatic rings. The summed E-state index contributed by atoms with van der Waals surface area (Å²) < 4.78 is 4.87. The van der Waals surface area contributed by atoms with Crippen LogP contribution in [-0.4, -0.2) is 9.38 Å². The molecule has 0 aliphatic rings. The molecule has 0 unspecified atom stereocenters. The molecule has 0 aliphatic carbocycles. The molecule has 3 heterocycles. The van der Waals surface area contributed by atoms with E-state index >= 15 is 0 Å². The Morgan fingerprint density at radius 2 is 0.828 bits per heavy atom. The second-order valence-electron chi connectivity index (χ2n) is 17.0. The number of fused-ring (bicyclic) bond motifs is 15. The fourth-order valence-corrected chi connectivity index (χ4v) is 11.7. The van der Waals surface area contributed by atoms with Crippen LogP contribution in [0.25, 0.3) is 135 Å². The summed E-state index contributed by atoms with van der Waals surface area (Å²) in [6.07, 6.45) is 0. The number of hydrogen-bond donors (Lipinski definition) is 0. The van der Waals surface area contributed by atoms with Gasteiger partial charge >= 0.3 is 0 Å². The third kappa shape index (κ3) is 5.29. The minimum atomic E-state index is 1.01. The van der Waals surface area contributed by atoms with Gasteiger partial charge < -0.3 is 0 Å². The van der Waals surface area contributed by atoms with Gasteiger partial charge in [-0.15, -0.1) is 11.3 Å². The number of pyridine rings is 1. The predicted octanol–water partition coefficient (Wildman–Crippen LogP) is 17.3. The standard InChI is InChI=1S/C61H36N2S/c1-2-12-42-35-59-54(34-41(42)11-1)55-36-58(63-57-20-10-9-19-56(57)62-61(63)60(55)64-59)40-27-25-39(26-28-40)45-32-31-44(46-13-3-4-14-47(45)46)38-23-21-37(22-24-38)43-29-30-52-50-17-6-5-15-48(50)49-16-7-8-18-51(49)53(52)33-43/h1-36H. The van der Waals surface area contributed by atoms with Gasteiger partial charge in [-0.25, -0.2) is 4.98 Å². The van der Waals surface area contributed by atoms with Crippen molar-refractivity contribution in [3.05, 3.63) is 218 Å². The van der Waals surface area contributed by atoms with Crippen LogP contribution in [0.15, 0.2) is 218 Å². The molecule has 0 bridgehead atoms. The summed E-state index contributed by atoms with van der Waals surface area (Å²) in [5, 5.41) is 15.3. The van der Waals surface area contributed by atoms with E-state index in [-0.39, 0.29) is 0 Å². The van der Waals surface area contributed by atoms with E-state index in [4.69, 9.17) is 4.98 Å². The molecular formula is C61H36N2S. The fraction of sp³-hybridized carbons (Fsp3) is 0. The number of hydrogen-bond acceptors (Lipinski definition) is 2. The molecule has 0 fully saturated rings. The summed E-state index contributed by atoms with van der Waals surface area (Å²) in [6.45, 7) is 0. The van der Waals surface area contributed by atoms with Gasteiger partial charge in [-0.05, 0) is 129 Å². The smallest absolute Gasteiger partial charge is 0.156 e. The first-order valence-corrected chi connectivity index (χ1v) is 22.8. The van der Waals surface area contributed by atoms with Gasteiger partial charge in [-0.3, -0.25) is 4.40 Å². The Bertz CT molecular complexity index is 4200. The van der Waals surface area contributed by atoms with E-state index in [2.05, 4.69) is 223 Å². The first kappa shape index (κ1) is 35.5. The first-order valence-electron chi connectivity index (χ1n) is 21.9. The lowest BCUT2D eigenvalue weighted by Crippen LogP contribution is -1.93.